The number of amides is 1. The molecule has 1 heterocycles. The summed E-state index contributed by atoms with van der Waals surface area (Å²) >= 11 is 1.30. The summed E-state index contributed by atoms with van der Waals surface area (Å²) in [4.78, 5) is 18.7. The highest BCUT2D eigenvalue weighted by Crippen LogP contribution is 2.28. The minimum absolute atomic E-state index is 0.0778. The van der Waals surface area contributed by atoms with Gasteiger partial charge < -0.3 is 16.0 Å². The Morgan fingerprint density at radius 3 is 2.75 bits per heavy atom. The van der Waals surface area contributed by atoms with Crippen LogP contribution in [-0.2, 0) is 0 Å². The molecule has 1 aromatic rings. The van der Waals surface area contributed by atoms with Crippen LogP contribution in [0.25, 0.3) is 0 Å². The van der Waals surface area contributed by atoms with Gasteiger partial charge in [-0.2, -0.15) is 0 Å². The maximum Gasteiger partial charge on any atom is 0.267 e. The summed E-state index contributed by atoms with van der Waals surface area (Å²) in [5, 5.41) is 3.91. The molecule has 0 aliphatic heterocycles. The van der Waals surface area contributed by atoms with E-state index < -0.39 is 0 Å². The molecule has 3 N–H and O–H groups in total. The molecule has 20 heavy (non-hydrogen) atoms. The second-order valence-corrected chi connectivity index (χ2v) is 6.77. The Hall–Kier alpha value is -1.56. The first kappa shape index (κ1) is 16.5. The number of nitrogens with one attached hydrogen (secondary N) is 1. The van der Waals surface area contributed by atoms with Crippen LogP contribution in [0.15, 0.2) is 12.7 Å². The summed E-state index contributed by atoms with van der Waals surface area (Å²) in [6.45, 7) is 10.5. The van der Waals surface area contributed by atoms with Crippen LogP contribution in [0.3, 0.4) is 0 Å². The molecule has 1 rings (SSSR count). The minimum Gasteiger partial charge on any atom is -0.382 e. The van der Waals surface area contributed by atoms with Crippen molar-refractivity contribution in [2.75, 3.05) is 24.6 Å². The molecule has 0 bridgehead atoms. The van der Waals surface area contributed by atoms with Crippen LogP contribution in [-0.4, -0.2) is 34.9 Å². The highest BCUT2D eigenvalue weighted by molar-refractivity contribution is 7.18. The number of allylic oxidation sites excluding steroid dienone is 1. The molecule has 5 nitrogen and oxygen atoms in total. The number of thiazole rings is 1. The predicted octanol–water partition coefficient (Wildman–Crippen LogP) is 2.97. The number of nitrogen functional groups attached to an aromatic ring is 1. The maximum absolute atomic E-state index is 12.3. The number of nitrogens with zero attached hydrogens (tertiary/aromatic N) is 2. The Morgan fingerprint density at radius 2 is 2.20 bits per heavy atom. The fourth-order valence-corrected chi connectivity index (χ4v) is 2.70. The molecule has 112 valence electrons. The monoisotopic (exact) mass is 296 g/mol. The third-order valence-corrected chi connectivity index (χ3v) is 3.55. The number of aromatic nitrogens is 1. The fourth-order valence-electron chi connectivity index (χ4n) is 1.61. The van der Waals surface area contributed by atoms with Gasteiger partial charge in [-0.05, 0) is 33.6 Å². The molecule has 1 amide bonds. The standard InChI is InChI=1S/C14H24N4OS/c1-6-7-8-9-18(5)12(19)10-11(15)16-13(20-10)17-14(2,3)4/h6H,1,7-9,15H2,2-5H3,(H,16,17). The zero-order chi connectivity index (χ0) is 15.3. The maximum atomic E-state index is 12.3. The van der Waals surface area contributed by atoms with Gasteiger partial charge >= 0.3 is 0 Å². The van der Waals surface area contributed by atoms with Gasteiger partial charge in [0, 0.05) is 19.1 Å². The van der Waals surface area contributed by atoms with Crippen LogP contribution in [0.2, 0.25) is 0 Å². The van der Waals surface area contributed by atoms with Crippen molar-refractivity contribution in [2.45, 2.75) is 39.2 Å². The molecule has 0 aliphatic carbocycles. The van der Waals surface area contributed by atoms with Crippen LogP contribution in [0, 0.1) is 0 Å². The first-order valence-corrected chi connectivity index (χ1v) is 7.47. The van der Waals surface area contributed by atoms with Crippen LogP contribution >= 0.6 is 11.3 Å². The lowest BCUT2D eigenvalue weighted by Crippen LogP contribution is -2.27. The van der Waals surface area contributed by atoms with Crippen molar-refractivity contribution in [3.63, 3.8) is 0 Å². The largest absolute Gasteiger partial charge is 0.382 e. The van der Waals surface area contributed by atoms with E-state index in [0.29, 0.717) is 22.4 Å². The summed E-state index contributed by atoms with van der Waals surface area (Å²) in [7, 11) is 1.78. The Morgan fingerprint density at radius 1 is 1.55 bits per heavy atom. The lowest BCUT2D eigenvalue weighted by molar-refractivity contribution is 0.0799. The minimum atomic E-state index is -0.111. The molecule has 0 unspecified atom stereocenters. The van der Waals surface area contributed by atoms with Crippen molar-refractivity contribution in [2.24, 2.45) is 0 Å². The molecule has 0 spiro atoms. The van der Waals surface area contributed by atoms with E-state index in [1.807, 2.05) is 26.8 Å². The molecule has 0 saturated carbocycles. The van der Waals surface area contributed by atoms with Gasteiger partial charge in [0.15, 0.2) is 5.13 Å². The molecular formula is C14H24N4OS. The number of rotatable bonds is 6. The summed E-state index contributed by atoms with van der Waals surface area (Å²) < 4.78 is 0. The normalized spacial score (nSPS) is 11.2. The zero-order valence-electron chi connectivity index (χ0n) is 12.7. The van der Waals surface area contributed by atoms with Crippen molar-refractivity contribution in [1.82, 2.24) is 9.88 Å². The molecular weight excluding hydrogens is 272 g/mol. The highest BCUT2D eigenvalue weighted by atomic mass is 32.1. The van der Waals surface area contributed by atoms with Crippen LogP contribution < -0.4 is 11.1 Å². The van der Waals surface area contributed by atoms with Crippen molar-refractivity contribution < 1.29 is 4.79 Å². The van der Waals surface area contributed by atoms with Gasteiger partial charge in [-0.3, -0.25) is 4.79 Å². The SMILES string of the molecule is C=CCCCN(C)C(=O)c1sc(NC(C)(C)C)nc1N. The highest BCUT2D eigenvalue weighted by Gasteiger charge is 2.21. The van der Waals surface area contributed by atoms with E-state index in [2.05, 4.69) is 16.9 Å². The number of nitrogens with two attached hydrogens (primary N) is 1. The zero-order valence-corrected chi connectivity index (χ0v) is 13.5. The number of hydrogen-bond acceptors (Lipinski definition) is 5. The van der Waals surface area contributed by atoms with Gasteiger partial charge in [0.1, 0.15) is 10.7 Å². The third-order valence-electron chi connectivity index (χ3n) is 2.58. The second kappa shape index (κ2) is 6.74. The number of carbonyl (C=O) groups is 1. The molecule has 6 heteroatoms. The number of unbranched alkanes of at least 4 members (excludes halogenated alkanes) is 1. The summed E-state index contributed by atoms with van der Waals surface area (Å²) in [5.41, 5.74) is 5.74. The predicted molar refractivity (Wildman–Crippen MR) is 86.3 cm³/mol. The Kier molecular flexibility index (Phi) is 5.56. The Balaban J connectivity index is 2.75. The van der Waals surface area contributed by atoms with Gasteiger partial charge in [0.05, 0.1) is 0 Å². The van der Waals surface area contributed by atoms with Gasteiger partial charge in [-0.15, -0.1) is 6.58 Å². The first-order chi connectivity index (χ1) is 9.24. The van der Waals surface area contributed by atoms with Gasteiger partial charge in [-0.1, -0.05) is 17.4 Å². The van der Waals surface area contributed by atoms with E-state index >= 15 is 0 Å². The molecule has 0 aliphatic rings. The average molecular weight is 296 g/mol. The van der Waals surface area contributed by atoms with Crippen LogP contribution in [0.5, 0.6) is 0 Å². The smallest absolute Gasteiger partial charge is 0.267 e. The number of hydrogen-bond donors (Lipinski definition) is 2. The quantitative estimate of drug-likeness (QED) is 0.625. The number of anilines is 2. The van der Waals surface area contributed by atoms with Crippen LogP contribution in [0.1, 0.15) is 43.3 Å². The summed E-state index contributed by atoms with van der Waals surface area (Å²) in [5.74, 6) is 0.216. The van der Waals surface area contributed by atoms with E-state index in [4.69, 9.17) is 5.73 Å². The fraction of sp³-hybridized carbons (Fsp3) is 0.571. The van der Waals surface area contributed by atoms with Gasteiger partial charge in [-0.25, -0.2) is 4.98 Å². The van der Waals surface area contributed by atoms with Gasteiger partial charge in [0.25, 0.3) is 5.91 Å². The first-order valence-electron chi connectivity index (χ1n) is 6.65. The van der Waals surface area contributed by atoms with E-state index in [1.54, 1.807) is 11.9 Å². The molecule has 0 radical (unpaired) electrons. The summed E-state index contributed by atoms with van der Waals surface area (Å²) in [6, 6.07) is 0. The summed E-state index contributed by atoms with van der Waals surface area (Å²) in [6.07, 6.45) is 3.65. The van der Waals surface area contributed by atoms with E-state index in [9.17, 15) is 4.79 Å². The van der Waals surface area contributed by atoms with E-state index in [0.717, 1.165) is 12.8 Å². The third kappa shape index (κ3) is 4.85. The van der Waals surface area contributed by atoms with E-state index in [-0.39, 0.29) is 11.4 Å². The van der Waals surface area contributed by atoms with Gasteiger partial charge in [0.2, 0.25) is 0 Å². The van der Waals surface area contributed by atoms with Crippen molar-refractivity contribution >= 4 is 28.2 Å². The molecule has 0 fully saturated rings. The molecule has 1 aromatic heterocycles. The molecule has 0 saturated heterocycles. The Bertz CT molecular complexity index is 476. The van der Waals surface area contributed by atoms with Crippen molar-refractivity contribution in [3.05, 3.63) is 17.5 Å². The lowest BCUT2D eigenvalue weighted by atomic mass is 10.1. The topological polar surface area (TPSA) is 71.2 Å². The van der Waals surface area contributed by atoms with Crippen molar-refractivity contribution in [3.8, 4) is 0 Å². The molecule has 0 atom stereocenters. The number of carbonyl (C=O) groups excluding carboxylic acids is 1. The average Bonchev–Trinajstić information content (AvgIpc) is 2.66. The Labute approximate surface area is 124 Å². The second-order valence-electron chi connectivity index (χ2n) is 5.77. The molecule has 0 aromatic carbocycles. The van der Waals surface area contributed by atoms with Crippen molar-refractivity contribution in [1.29, 1.82) is 0 Å². The lowest BCUT2D eigenvalue weighted by Gasteiger charge is -2.19. The van der Waals surface area contributed by atoms with Crippen LogP contribution in [0.4, 0.5) is 10.9 Å². The van der Waals surface area contributed by atoms with E-state index in [1.165, 1.54) is 11.3 Å².